The summed E-state index contributed by atoms with van der Waals surface area (Å²) in [5.74, 6) is 6.42. The highest BCUT2D eigenvalue weighted by Crippen LogP contribution is 2.87. The number of fused-ring (bicyclic) bond motifs is 4. The molecule has 0 aromatic rings. The van der Waals surface area contributed by atoms with E-state index in [1.165, 1.54) is 17.9 Å². The van der Waals surface area contributed by atoms with Gasteiger partial charge in [0.1, 0.15) is 0 Å². The summed E-state index contributed by atoms with van der Waals surface area (Å²) >= 11 is 4.28. The molecule has 4 saturated carbocycles. The SMILES string of the molecule is O=S1(=O)[C@@H]2[C@H]3[C@@H]4C[C@@H]5[C@H]3[C@H]2C2(SCCS2)[C@@H]5[C@H]41. The van der Waals surface area contributed by atoms with E-state index in [4.69, 9.17) is 0 Å². The topological polar surface area (TPSA) is 34.1 Å². The molecule has 1 spiro atoms. The molecule has 6 aliphatic rings. The zero-order valence-electron chi connectivity index (χ0n) is 9.28. The van der Waals surface area contributed by atoms with Gasteiger partial charge in [-0.1, -0.05) is 0 Å². The Morgan fingerprint density at radius 1 is 0.941 bits per heavy atom. The fourth-order valence-electron chi connectivity index (χ4n) is 6.86. The maximum atomic E-state index is 12.6. The molecule has 2 nitrogen and oxygen atoms in total. The van der Waals surface area contributed by atoms with Crippen LogP contribution in [0.25, 0.3) is 0 Å². The molecule has 6 rings (SSSR count). The Kier molecular flexibility index (Phi) is 1.32. The van der Waals surface area contributed by atoms with Crippen LogP contribution in [0.1, 0.15) is 6.42 Å². The number of hydrogen-bond acceptors (Lipinski definition) is 4. The van der Waals surface area contributed by atoms with Crippen LogP contribution in [0, 0.1) is 35.5 Å². The Hall–Kier alpha value is 0.650. The molecular formula is C12H14O2S3. The summed E-state index contributed by atoms with van der Waals surface area (Å²) in [6, 6.07) is 0. The second-order valence-electron chi connectivity index (χ2n) is 6.71. The largest absolute Gasteiger partial charge is 0.228 e. The first kappa shape index (κ1) is 9.54. The molecule has 4 aliphatic carbocycles. The van der Waals surface area contributed by atoms with Crippen molar-refractivity contribution in [1.29, 1.82) is 0 Å². The van der Waals surface area contributed by atoms with Crippen molar-refractivity contribution in [3.63, 3.8) is 0 Å². The van der Waals surface area contributed by atoms with Crippen molar-refractivity contribution in [2.24, 2.45) is 35.5 Å². The zero-order valence-corrected chi connectivity index (χ0v) is 11.7. The van der Waals surface area contributed by atoms with Crippen LogP contribution in [-0.4, -0.2) is 34.5 Å². The number of sulfone groups is 1. The smallest absolute Gasteiger partial charge is 0.157 e. The summed E-state index contributed by atoms with van der Waals surface area (Å²) < 4.78 is 25.6. The van der Waals surface area contributed by atoms with E-state index in [0.717, 1.165) is 11.8 Å². The summed E-state index contributed by atoms with van der Waals surface area (Å²) in [5.41, 5.74) is 0. The molecule has 5 heteroatoms. The Balaban J connectivity index is 1.69. The first-order valence-corrected chi connectivity index (χ1v) is 10.3. The Morgan fingerprint density at radius 3 is 2.47 bits per heavy atom. The average molecular weight is 286 g/mol. The van der Waals surface area contributed by atoms with E-state index in [2.05, 4.69) is 23.5 Å². The summed E-state index contributed by atoms with van der Waals surface area (Å²) in [5, 5.41) is 0.194. The molecule has 92 valence electrons. The maximum absolute atomic E-state index is 12.6. The van der Waals surface area contributed by atoms with Crippen molar-refractivity contribution in [2.45, 2.75) is 21.0 Å². The van der Waals surface area contributed by atoms with Crippen LogP contribution < -0.4 is 0 Å². The molecule has 2 heterocycles. The molecule has 0 unspecified atom stereocenters. The summed E-state index contributed by atoms with van der Waals surface area (Å²) in [6.45, 7) is 0. The van der Waals surface area contributed by atoms with E-state index in [1.807, 2.05) is 0 Å². The maximum Gasteiger partial charge on any atom is 0.157 e. The molecule has 0 aromatic carbocycles. The van der Waals surface area contributed by atoms with Crippen LogP contribution in [0.5, 0.6) is 0 Å². The van der Waals surface area contributed by atoms with Crippen molar-refractivity contribution >= 4 is 33.4 Å². The van der Waals surface area contributed by atoms with Crippen LogP contribution in [0.3, 0.4) is 0 Å². The highest BCUT2D eigenvalue weighted by molar-refractivity contribution is 8.21. The fraction of sp³-hybridized carbons (Fsp3) is 1.00. The van der Waals surface area contributed by atoms with E-state index >= 15 is 0 Å². The quantitative estimate of drug-likeness (QED) is 0.675. The van der Waals surface area contributed by atoms with E-state index in [9.17, 15) is 8.42 Å². The summed E-state index contributed by atoms with van der Waals surface area (Å²) in [4.78, 5) is 0. The van der Waals surface area contributed by atoms with Crippen LogP contribution in [-0.2, 0) is 9.84 Å². The van der Waals surface area contributed by atoms with Gasteiger partial charge in [0.2, 0.25) is 0 Å². The standard InChI is InChI=1S/C12H14O2S3/c13-17(14)10-5-3-4-6-7(5)11(17)9(6)12(8(4)10)15-1-2-16-12/h4-11H,1-3H2/t4-,5+,6-,7+,8+,9-,10+,11-/m1/s1. The van der Waals surface area contributed by atoms with E-state index in [1.54, 1.807) is 0 Å². The number of rotatable bonds is 0. The summed E-state index contributed by atoms with van der Waals surface area (Å²) in [6.07, 6.45) is 1.26. The Labute approximate surface area is 110 Å². The van der Waals surface area contributed by atoms with Crippen molar-refractivity contribution in [1.82, 2.24) is 0 Å². The van der Waals surface area contributed by atoms with Crippen molar-refractivity contribution in [3.8, 4) is 0 Å². The second-order valence-corrected chi connectivity index (χ2v) is 12.0. The molecule has 0 radical (unpaired) electrons. The van der Waals surface area contributed by atoms with Crippen LogP contribution >= 0.6 is 23.5 Å². The molecule has 8 atom stereocenters. The van der Waals surface area contributed by atoms with Gasteiger partial charge in [-0.2, -0.15) is 0 Å². The van der Waals surface area contributed by atoms with Gasteiger partial charge in [-0.25, -0.2) is 8.42 Å². The zero-order chi connectivity index (χ0) is 11.2. The van der Waals surface area contributed by atoms with Gasteiger partial charge in [-0.05, 0) is 30.1 Å². The van der Waals surface area contributed by atoms with Crippen LogP contribution in [0.2, 0.25) is 0 Å². The summed E-state index contributed by atoms with van der Waals surface area (Å²) in [7, 11) is -2.73. The van der Waals surface area contributed by atoms with Crippen molar-refractivity contribution < 1.29 is 8.42 Å². The minimum Gasteiger partial charge on any atom is -0.228 e. The molecule has 2 saturated heterocycles. The fourth-order valence-corrected chi connectivity index (χ4v) is 15.0. The van der Waals surface area contributed by atoms with Crippen molar-refractivity contribution in [2.75, 3.05) is 11.5 Å². The lowest BCUT2D eigenvalue weighted by Gasteiger charge is -2.50. The molecule has 0 aromatic heterocycles. The van der Waals surface area contributed by atoms with Gasteiger partial charge < -0.3 is 0 Å². The van der Waals surface area contributed by atoms with E-state index in [-0.39, 0.29) is 10.5 Å². The van der Waals surface area contributed by atoms with Gasteiger partial charge >= 0.3 is 0 Å². The lowest BCUT2D eigenvalue weighted by Crippen LogP contribution is -2.57. The molecular weight excluding hydrogens is 272 g/mol. The molecule has 2 bridgehead atoms. The third kappa shape index (κ3) is 0.659. The molecule has 2 aliphatic heterocycles. The first-order chi connectivity index (χ1) is 8.18. The monoisotopic (exact) mass is 286 g/mol. The molecule has 0 N–H and O–H groups in total. The van der Waals surface area contributed by atoms with Gasteiger partial charge in [0.05, 0.1) is 14.6 Å². The highest BCUT2D eigenvalue weighted by atomic mass is 32.2. The van der Waals surface area contributed by atoms with Crippen LogP contribution in [0.4, 0.5) is 0 Å². The minimum absolute atomic E-state index is 0.0931. The van der Waals surface area contributed by atoms with Gasteiger partial charge in [0.25, 0.3) is 0 Å². The lowest BCUT2D eigenvalue weighted by atomic mass is 9.64. The highest BCUT2D eigenvalue weighted by Gasteiger charge is 2.90. The number of hydrogen-bond donors (Lipinski definition) is 0. The van der Waals surface area contributed by atoms with E-state index < -0.39 is 9.84 Å². The van der Waals surface area contributed by atoms with Crippen LogP contribution in [0.15, 0.2) is 0 Å². The predicted octanol–water partition coefficient (Wildman–Crippen LogP) is 1.47. The third-order valence-corrected chi connectivity index (χ3v) is 13.3. The second kappa shape index (κ2) is 2.35. The van der Waals surface area contributed by atoms with Gasteiger partial charge in [-0.3, -0.25) is 0 Å². The Morgan fingerprint density at radius 2 is 1.71 bits per heavy atom. The van der Waals surface area contributed by atoms with Crippen molar-refractivity contribution in [3.05, 3.63) is 0 Å². The first-order valence-electron chi connectivity index (χ1n) is 6.68. The van der Waals surface area contributed by atoms with Gasteiger partial charge in [-0.15, -0.1) is 23.5 Å². The third-order valence-electron chi connectivity index (χ3n) is 6.79. The molecule has 17 heavy (non-hydrogen) atoms. The van der Waals surface area contributed by atoms with Gasteiger partial charge in [0, 0.05) is 23.3 Å². The molecule has 0 amide bonds. The van der Waals surface area contributed by atoms with E-state index in [0.29, 0.717) is 27.8 Å². The predicted molar refractivity (Wildman–Crippen MR) is 69.7 cm³/mol. The average Bonchev–Trinajstić information content (AvgIpc) is 2.86. The Bertz CT molecular complexity index is 550. The minimum atomic E-state index is -2.73. The molecule has 6 fully saturated rings. The lowest BCUT2D eigenvalue weighted by molar-refractivity contribution is 0.102. The normalized spacial score (nSPS) is 69.4. The van der Waals surface area contributed by atoms with Gasteiger partial charge in [0.15, 0.2) is 9.84 Å². The number of thioether (sulfide) groups is 2.